The lowest BCUT2D eigenvalue weighted by Crippen LogP contribution is -2.47. The van der Waals surface area contributed by atoms with Crippen LogP contribution in [0.1, 0.15) is 58.8 Å². The minimum Gasteiger partial charge on any atom is -0.448 e. The first-order chi connectivity index (χ1) is 13.2. The molecule has 0 saturated heterocycles. The number of carbonyl (C=O) groups excluding carboxylic acids is 2. The molecule has 4 nitrogen and oxygen atoms in total. The highest BCUT2D eigenvalue weighted by atomic mass is 16.5. The van der Waals surface area contributed by atoms with Crippen molar-refractivity contribution in [3.8, 4) is 0 Å². The van der Waals surface area contributed by atoms with Crippen molar-refractivity contribution in [2.45, 2.75) is 56.7 Å². The van der Waals surface area contributed by atoms with E-state index in [2.05, 4.69) is 24.3 Å². The van der Waals surface area contributed by atoms with Gasteiger partial charge in [0.15, 0.2) is 6.10 Å². The van der Waals surface area contributed by atoms with Crippen molar-refractivity contribution in [2.24, 2.45) is 0 Å². The summed E-state index contributed by atoms with van der Waals surface area (Å²) in [4.78, 5) is 27.9. The third kappa shape index (κ3) is 2.93. The first-order valence-electron chi connectivity index (χ1n) is 9.91. The van der Waals surface area contributed by atoms with Crippen LogP contribution in [-0.2, 0) is 22.4 Å². The molecule has 27 heavy (non-hydrogen) atoms. The van der Waals surface area contributed by atoms with Crippen LogP contribution in [0, 0.1) is 0 Å². The van der Waals surface area contributed by atoms with Crippen LogP contribution in [0.3, 0.4) is 0 Å². The molecule has 0 spiro atoms. The van der Waals surface area contributed by atoms with Gasteiger partial charge in [0.05, 0.1) is 11.6 Å². The Hall–Kier alpha value is -2.62. The van der Waals surface area contributed by atoms with Gasteiger partial charge in [-0.2, -0.15) is 0 Å². The smallest absolute Gasteiger partial charge is 0.339 e. The van der Waals surface area contributed by atoms with Crippen LogP contribution in [0.2, 0.25) is 0 Å². The van der Waals surface area contributed by atoms with Crippen LogP contribution in [0.25, 0.3) is 0 Å². The molecule has 1 amide bonds. The normalized spacial score (nSPS) is 23.8. The summed E-state index contributed by atoms with van der Waals surface area (Å²) in [6, 6.07) is 16.3. The van der Waals surface area contributed by atoms with Gasteiger partial charge in [-0.3, -0.25) is 4.79 Å². The minimum atomic E-state index is -0.706. The fourth-order valence-corrected chi connectivity index (χ4v) is 4.59. The summed E-state index contributed by atoms with van der Waals surface area (Å²) in [5.41, 5.74) is 4.11. The van der Waals surface area contributed by atoms with E-state index in [1.807, 2.05) is 23.1 Å². The Balaban J connectivity index is 1.46. The molecular formula is C23H23NO3. The van der Waals surface area contributed by atoms with Gasteiger partial charge in [0.25, 0.3) is 5.91 Å². The Morgan fingerprint density at radius 1 is 0.963 bits per heavy atom. The molecule has 138 valence electrons. The maximum Gasteiger partial charge on any atom is 0.339 e. The van der Waals surface area contributed by atoms with Crippen LogP contribution < -0.4 is 0 Å². The second-order valence-corrected chi connectivity index (χ2v) is 7.84. The van der Waals surface area contributed by atoms with Gasteiger partial charge in [0.1, 0.15) is 0 Å². The fraction of sp³-hybridized carbons (Fsp3) is 0.391. The van der Waals surface area contributed by atoms with Crippen molar-refractivity contribution in [3.05, 3.63) is 70.8 Å². The molecule has 2 atom stereocenters. The molecular weight excluding hydrogens is 338 g/mol. The molecule has 2 unspecified atom stereocenters. The molecule has 1 fully saturated rings. The number of aryl methyl sites for hydroxylation is 1. The molecule has 0 N–H and O–H groups in total. The molecule has 1 heterocycles. The number of hydrogen-bond acceptors (Lipinski definition) is 3. The number of nitrogens with zero attached hydrogens (tertiary/aromatic N) is 1. The number of fused-ring (bicyclic) bond motifs is 2. The monoisotopic (exact) mass is 361 g/mol. The van der Waals surface area contributed by atoms with E-state index >= 15 is 0 Å². The molecule has 1 aliphatic heterocycles. The van der Waals surface area contributed by atoms with Crippen LogP contribution in [-0.4, -0.2) is 28.9 Å². The summed E-state index contributed by atoms with van der Waals surface area (Å²) in [7, 11) is 0. The summed E-state index contributed by atoms with van der Waals surface area (Å²) in [5.74, 6) is -0.406. The van der Waals surface area contributed by atoms with Crippen molar-refractivity contribution >= 4 is 11.9 Å². The second-order valence-electron chi connectivity index (χ2n) is 7.84. The van der Waals surface area contributed by atoms with E-state index < -0.39 is 6.10 Å². The van der Waals surface area contributed by atoms with Crippen molar-refractivity contribution in [1.29, 1.82) is 0 Å². The number of cyclic esters (lactones) is 1. The molecule has 2 aromatic rings. The van der Waals surface area contributed by atoms with Gasteiger partial charge in [-0.15, -0.1) is 0 Å². The van der Waals surface area contributed by atoms with E-state index in [0.29, 0.717) is 12.0 Å². The Morgan fingerprint density at radius 3 is 2.52 bits per heavy atom. The summed E-state index contributed by atoms with van der Waals surface area (Å²) in [6.45, 7) is 0. The lowest BCUT2D eigenvalue weighted by Gasteiger charge is -2.38. The molecule has 5 rings (SSSR count). The third-order valence-corrected chi connectivity index (χ3v) is 6.04. The summed E-state index contributed by atoms with van der Waals surface area (Å²) in [5, 5.41) is 0. The first kappa shape index (κ1) is 16.5. The van der Waals surface area contributed by atoms with E-state index in [-0.39, 0.29) is 24.0 Å². The number of benzene rings is 2. The fourth-order valence-electron chi connectivity index (χ4n) is 4.59. The highest BCUT2D eigenvalue weighted by molar-refractivity contribution is 5.96. The number of ether oxygens (including phenoxy) is 1. The highest BCUT2D eigenvalue weighted by Gasteiger charge is 2.44. The quantitative estimate of drug-likeness (QED) is 0.781. The lowest BCUT2D eigenvalue weighted by molar-refractivity contribution is -0.144. The zero-order valence-electron chi connectivity index (χ0n) is 15.3. The van der Waals surface area contributed by atoms with Gasteiger partial charge in [0.2, 0.25) is 0 Å². The topological polar surface area (TPSA) is 46.6 Å². The van der Waals surface area contributed by atoms with Crippen molar-refractivity contribution in [3.63, 3.8) is 0 Å². The SMILES string of the molecule is O=C1OC(C(=O)N(C2CC2)C2CCCc3ccccc32)Cc2ccccc21. The number of rotatable bonds is 3. The van der Waals surface area contributed by atoms with E-state index in [0.717, 1.165) is 37.7 Å². The molecule has 2 aliphatic carbocycles. The predicted octanol–water partition coefficient (Wildman–Crippen LogP) is 3.84. The largest absolute Gasteiger partial charge is 0.448 e. The standard InChI is InChI=1S/C23H23NO3/c25-22(21-14-16-7-2-4-10-19(16)23(26)27-21)24(17-12-13-17)20-11-5-8-15-6-1-3-9-18(15)20/h1-4,6-7,9-10,17,20-21H,5,8,11-14H2. The number of carbonyl (C=O) groups is 2. The average molecular weight is 361 g/mol. The summed E-state index contributed by atoms with van der Waals surface area (Å²) >= 11 is 0. The van der Waals surface area contributed by atoms with Crippen molar-refractivity contribution in [2.75, 3.05) is 0 Å². The van der Waals surface area contributed by atoms with Crippen LogP contribution in [0.15, 0.2) is 48.5 Å². The van der Waals surface area contributed by atoms with Crippen LogP contribution >= 0.6 is 0 Å². The molecule has 0 radical (unpaired) electrons. The second kappa shape index (κ2) is 6.52. The third-order valence-electron chi connectivity index (χ3n) is 6.04. The lowest BCUT2D eigenvalue weighted by atomic mass is 9.86. The molecule has 2 aromatic carbocycles. The number of amides is 1. The van der Waals surface area contributed by atoms with Gasteiger partial charge in [-0.25, -0.2) is 4.79 Å². The zero-order valence-corrected chi connectivity index (χ0v) is 15.3. The summed E-state index contributed by atoms with van der Waals surface area (Å²) < 4.78 is 5.58. The Kier molecular flexibility index (Phi) is 4.00. The first-order valence-corrected chi connectivity index (χ1v) is 9.91. The molecule has 0 aromatic heterocycles. The van der Waals surface area contributed by atoms with E-state index in [4.69, 9.17) is 4.74 Å². The van der Waals surface area contributed by atoms with E-state index in [9.17, 15) is 9.59 Å². The Bertz CT molecular complexity index is 902. The van der Waals surface area contributed by atoms with E-state index in [1.165, 1.54) is 11.1 Å². The van der Waals surface area contributed by atoms with E-state index in [1.54, 1.807) is 6.07 Å². The van der Waals surface area contributed by atoms with Crippen LogP contribution in [0.4, 0.5) is 0 Å². The Morgan fingerprint density at radius 2 is 1.70 bits per heavy atom. The minimum absolute atomic E-state index is 0.0259. The van der Waals surface area contributed by atoms with Gasteiger partial charge < -0.3 is 9.64 Å². The van der Waals surface area contributed by atoms with Gasteiger partial charge >= 0.3 is 5.97 Å². The van der Waals surface area contributed by atoms with Gasteiger partial charge in [-0.1, -0.05) is 42.5 Å². The van der Waals surface area contributed by atoms with Gasteiger partial charge in [-0.05, 0) is 54.9 Å². The number of esters is 1. The molecule has 3 aliphatic rings. The maximum atomic E-state index is 13.5. The predicted molar refractivity (Wildman–Crippen MR) is 101 cm³/mol. The molecule has 0 bridgehead atoms. The molecule has 4 heteroatoms. The van der Waals surface area contributed by atoms with Crippen LogP contribution in [0.5, 0.6) is 0 Å². The van der Waals surface area contributed by atoms with Gasteiger partial charge in [0, 0.05) is 12.5 Å². The van der Waals surface area contributed by atoms with Crippen molar-refractivity contribution < 1.29 is 14.3 Å². The Labute approximate surface area is 159 Å². The number of hydrogen-bond donors (Lipinski definition) is 0. The maximum absolute atomic E-state index is 13.5. The van der Waals surface area contributed by atoms with Crippen molar-refractivity contribution in [1.82, 2.24) is 4.90 Å². The molecule has 1 saturated carbocycles. The zero-order chi connectivity index (χ0) is 18.4. The average Bonchev–Trinajstić information content (AvgIpc) is 3.53. The summed E-state index contributed by atoms with van der Waals surface area (Å²) in [6.07, 6.45) is 5.00. The highest BCUT2D eigenvalue weighted by Crippen LogP contribution is 2.41.